The van der Waals surface area contributed by atoms with Crippen LogP contribution in [0.4, 0.5) is 0 Å². The third kappa shape index (κ3) is 2.53. The summed E-state index contributed by atoms with van der Waals surface area (Å²) in [5.41, 5.74) is 2.49. The number of aromatic nitrogens is 3. The fourth-order valence-corrected chi connectivity index (χ4v) is 1.65. The van der Waals surface area contributed by atoms with Gasteiger partial charge in [-0.05, 0) is 19.9 Å². The van der Waals surface area contributed by atoms with Gasteiger partial charge in [0.05, 0.1) is 18.5 Å². The van der Waals surface area contributed by atoms with Gasteiger partial charge in [0, 0.05) is 17.3 Å². The Morgan fingerprint density at radius 1 is 1.29 bits per heavy atom. The summed E-state index contributed by atoms with van der Waals surface area (Å²) in [7, 11) is 0. The lowest BCUT2D eigenvalue weighted by molar-refractivity contribution is 0.339. The topological polar surface area (TPSA) is 47.9 Å². The van der Waals surface area contributed by atoms with Crippen LogP contribution < -0.4 is 4.74 Å². The Morgan fingerprint density at radius 3 is 2.88 bits per heavy atom. The van der Waals surface area contributed by atoms with Crippen molar-refractivity contribution in [3.8, 4) is 17.0 Å². The van der Waals surface area contributed by atoms with Crippen LogP contribution in [0.3, 0.4) is 0 Å². The molecule has 0 radical (unpaired) electrons. The van der Waals surface area contributed by atoms with E-state index in [0.717, 1.165) is 22.6 Å². The Bertz CT molecular complexity index is 531. The first kappa shape index (κ1) is 11.8. The van der Waals surface area contributed by atoms with Crippen molar-refractivity contribution >= 4 is 11.6 Å². The van der Waals surface area contributed by atoms with E-state index in [1.165, 1.54) is 6.33 Å². The zero-order valence-electron chi connectivity index (χ0n) is 9.64. The third-order valence-electron chi connectivity index (χ3n) is 2.32. The SMILES string of the molecule is CCOc1cncc(-c2ncnc(Cl)c2C)c1. The molecule has 0 amide bonds. The minimum absolute atomic E-state index is 0.455. The van der Waals surface area contributed by atoms with Crippen LogP contribution in [0.25, 0.3) is 11.3 Å². The molecule has 0 aliphatic rings. The van der Waals surface area contributed by atoms with Crippen molar-refractivity contribution < 1.29 is 4.74 Å². The van der Waals surface area contributed by atoms with Crippen LogP contribution in [0.5, 0.6) is 5.75 Å². The van der Waals surface area contributed by atoms with E-state index in [2.05, 4.69) is 15.0 Å². The summed E-state index contributed by atoms with van der Waals surface area (Å²) >= 11 is 5.96. The summed E-state index contributed by atoms with van der Waals surface area (Å²) < 4.78 is 5.40. The van der Waals surface area contributed by atoms with E-state index in [1.807, 2.05) is 19.9 Å². The standard InChI is InChI=1S/C12H12ClN3O/c1-3-17-10-4-9(5-14-6-10)11-8(2)12(13)16-7-15-11/h4-7H,3H2,1-2H3. The predicted octanol–water partition coefficient (Wildman–Crippen LogP) is 2.90. The number of rotatable bonds is 3. The van der Waals surface area contributed by atoms with Crippen LogP contribution >= 0.6 is 11.6 Å². The molecule has 0 saturated heterocycles. The second-order valence-electron chi connectivity index (χ2n) is 3.48. The first-order valence-electron chi connectivity index (χ1n) is 5.27. The Labute approximate surface area is 105 Å². The minimum Gasteiger partial charge on any atom is -0.492 e. The molecule has 0 fully saturated rings. The summed E-state index contributed by atoms with van der Waals surface area (Å²) in [4.78, 5) is 12.3. The molecule has 5 heteroatoms. The predicted molar refractivity (Wildman–Crippen MR) is 66.2 cm³/mol. The van der Waals surface area contributed by atoms with E-state index in [0.29, 0.717) is 11.8 Å². The molecule has 88 valence electrons. The molecule has 2 heterocycles. The average molecular weight is 250 g/mol. The lowest BCUT2D eigenvalue weighted by Crippen LogP contribution is -1.95. The molecule has 17 heavy (non-hydrogen) atoms. The Balaban J connectivity index is 2.45. The van der Waals surface area contributed by atoms with E-state index in [1.54, 1.807) is 12.4 Å². The summed E-state index contributed by atoms with van der Waals surface area (Å²) in [6, 6.07) is 1.89. The van der Waals surface area contributed by atoms with Gasteiger partial charge in [0.2, 0.25) is 0 Å². The molecular weight excluding hydrogens is 238 g/mol. The monoisotopic (exact) mass is 249 g/mol. The molecule has 0 atom stereocenters. The van der Waals surface area contributed by atoms with Crippen LogP contribution in [0, 0.1) is 6.92 Å². The molecule has 0 N–H and O–H groups in total. The maximum absolute atomic E-state index is 5.96. The van der Waals surface area contributed by atoms with E-state index in [4.69, 9.17) is 16.3 Å². The number of pyridine rings is 1. The van der Waals surface area contributed by atoms with Crippen LogP contribution in [-0.2, 0) is 0 Å². The number of nitrogens with zero attached hydrogens (tertiary/aromatic N) is 3. The van der Waals surface area contributed by atoms with Crippen molar-refractivity contribution in [3.63, 3.8) is 0 Å². The maximum atomic E-state index is 5.96. The van der Waals surface area contributed by atoms with Gasteiger partial charge in [0.25, 0.3) is 0 Å². The smallest absolute Gasteiger partial charge is 0.138 e. The molecule has 2 aromatic rings. The number of ether oxygens (including phenoxy) is 1. The molecule has 2 rings (SSSR count). The number of halogens is 1. The zero-order chi connectivity index (χ0) is 12.3. The first-order chi connectivity index (χ1) is 8.22. The Morgan fingerprint density at radius 2 is 2.12 bits per heavy atom. The fourth-order valence-electron chi connectivity index (χ4n) is 1.51. The second kappa shape index (κ2) is 5.10. The number of hydrogen-bond donors (Lipinski definition) is 0. The summed E-state index contributed by atoms with van der Waals surface area (Å²) in [6.07, 6.45) is 4.84. The number of hydrogen-bond acceptors (Lipinski definition) is 4. The fraction of sp³-hybridized carbons (Fsp3) is 0.250. The highest BCUT2D eigenvalue weighted by Crippen LogP contribution is 2.26. The molecule has 0 aromatic carbocycles. The van der Waals surface area contributed by atoms with Gasteiger partial charge in [-0.3, -0.25) is 4.98 Å². The van der Waals surface area contributed by atoms with Crippen molar-refractivity contribution in [3.05, 3.63) is 35.5 Å². The lowest BCUT2D eigenvalue weighted by Gasteiger charge is -2.07. The summed E-state index contributed by atoms with van der Waals surface area (Å²) in [6.45, 7) is 4.42. The van der Waals surface area contributed by atoms with Gasteiger partial charge in [0.15, 0.2) is 0 Å². The van der Waals surface area contributed by atoms with Crippen molar-refractivity contribution in [1.82, 2.24) is 15.0 Å². The minimum atomic E-state index is 0.455. The molecule has 0 spiro atoms. The Kier molecular flexibility index (Phi) is 3.54. The van der Waals surface area contributed by atoms with Crippen molar-refractivity contribution in [2.24, 2.45) is 0 Å². The van der Waals surface area contributed by atoms with Crippen molar-refractivity contribution in [2.75, 3.05) is 6.61 Å². The van der Waals surface area contributed by atoms with Crippen LogP contribution in [0.1, 0.15) is 12.5 Å². The van der Waals surface area contributed by atoms with Gasteiger partial charge in [-0.15, -0.1) is 0 Å². The van der Waals surface area contributed by atoms with Crippen molar-refractivity contribution in [1.29, 1.82) is 0 Å². The molecule has 4 nitrogen and oxygen atoms in total. The summed E-state index contributed by atoms with van der Waals surface area (Å²) in [5.74, 6) is 0.721. The van der Waals surface area contributed by atoms with Gasteiger partial charge in [-0.25, -0.2) is 9.97 Å². The average Bonchev–Trinajstić information content (AvgIpc) is 2.33. The molecule has 0 aliphatic carbocycles. The van der Waals surface area contributed by atoms with Crippen LogP contribution in [-0.4, -0.2) is 21.6 Å². The van der Waals surface area contributed by atoms with Gasteiger partial charge in [0.1, 0.15) is 17.2 Å². The first-order valence-corrected chi connectivity index (χ1v) is 5.65. The van der Waals surface area contributed by atoms with E-state index in [9.17, 15) is 0 Å². The van der Waals surface area contributed by atoms with Crippen molar-refractivity contribution in [2.45, 2.75) is 13.8 Å². The van der Waals surface area contributed by atoms with E-state index < -0.39 is 0 Å². The maximum Gasteiger partial charge on any atom is 0.138 e. The van der Waals surface area contributed by atoms with Gasteiger partial charge < -0.3 is 4.74 Å². The zero-order valence-corrected chi connectivity index (χ0v) is 10.4. The van der Waals surface area contributed by atoms with Crippen LogP contribution in [0.15, 0.2) is 24.8 Å². The summed E-state index contributed by atoms with van der Waals surface area (Å²) in [5, 5.41) is 0.455. The highest BCUT2D eigenvalue weighted by atomic mass is 35.5. The highest BCUT2D eigenvalue weighted by molar-refractivity contribution is 6.30. The normalized spacial score (nSPS) is 10.3. The highest BCUT2D eigenvalue weighted by Gasteiger charge is 2.08. The van der Waals surface area contributed by atoms with Gasteiger partial charge in [-0.1, -0.05) is 11.6 Å². The van der Waals surface area contributed by atoms with Gasteiger partial charge in [-0.2, -0.15) is 0 Å². The molecule has 0 unspecified atom stereocenters. The third-order valence-corrected chi connectivity index (χ3v) is 2.70. The second-order valence-corrected chi connectivity index (χ2v) is 3.84. The molecule has 0 aliphatic heterocycles. The lowest BCUT2D eigenvalue weighted by atomic mass is 10.1. The molecule has 0 saturated carbocycles. The quantitative estimate of drug-likeness (QED) is 0.785. The molecule has 2 aromatic heterocycles. The molecular formula is C12H12ClN3O. The van der Waals surface area contributed by atoms with E-state index in [-0.39, 0.29) is 0 Å². The largest absolute Gasteiger partial charge is 0.492 e. The van der Waals surface area contributed by atoms with E-state index >= 15 is 0 Å². The van der Waals surface area contributed by atoms with Gasteiger partial charge >= 0.3 is 0 Å². The van der Waals surface area contributed by atoms with Crippen LogP contribution in [0.2, 0.25) is 5.15 Å². The molecule has 0 bridgehead atoms. The Hall–Kier alpha value is -1.68.